The maximum absolute atomic E-state index is 5.70. The van der Waals surface area contributed by atoms with E-state index in [-0.39, 0.29) is 6.10 Å². The molecular formula is C19H23N5O2. The molecule has 1 aliphatic rings. The van der Waals surface area contributed by atoms with E-state index < -0.39 is 0 Å². The zero-order chi connectivity index (χ0) is 18.1. The molecule has 4 rings (SSSR count). The molecule has 26 heavy (non-hydrogen) atoms. The van der Waals surface area contributed by atoms with Gasteiger partial charge in [0.15, 0.2) is 0 Å². The van der Waals surface area contributed by atoms with E-state index in [1.54, 1.807) is 13.3 Å². The summed E-state index contributed by atoms with van der Waals surface area (Å²) < 4.78 is 13.1. The topological polar surface area (TPSA) is 65.3 Å². The Morgan fingerprint density at radius 2 is 2.23 bits per heavy atom. The Morgan fingerprint density at radius 1 is 1.35 bits per heavy atom. The number of hydrogen-bond donors (Lipinski definition) is 0. The van der Waals surface area contributed by atoms with E-state index in [0.29, 0.717) is 12.5 Å². The number of rotatable bonds is 5. The number of fused-ring (bicyclic) bond motifs is 1. The van der Waals surface area contributed by atoms with Crippen molar-refractivity contribution in [2.75, 3.05) is 31.7 Å². The van der Waals surface area contributed by atoms with E-state index in [1.807, 2.05) is 37.0 Å². The Bertz CT molecular complexity index is 923. The molecule has 0 radical (unpaired) electrons. The first-order valence-electron chi connectivity index (χ1n) is 8.90. The number of nitrogens with zero attached hydrogens (tertiary/aromatic N) is 5. The third-order valence-electron chi connectivity index (χ3n) is 4.82. The van der Waals surface area contributed by atoms with Gasteiger partial charge in [-0.05, 0) is 31.5 Å². The Kier molecular flexibility index (Phi) is 4.46. The smallest absolute Gasteiger partial charge is 0.222 e. The van der Waals surface area contributed by atoms with Crippen LogP contribution in [0.2, 0.25) is 0 Å². The predicted molar refractivity (Wildman–Crippen MR) is 101 cm³/mol. The van der Waals surface area contributed by atoms with Crippen molar-refractivity contribution in [1.82, 2.24) is 19.7 Å². The van der Waals surface area contributed by atoms with Gasteiger partial charge in [-0.15, -0.1) is 0 Å². The molecule has 3 aromatic heterocycles. The lowest BCUT2D eigenvalue weighted by Crippen LogP contribution is -2.23. The lowest BCUT2D eigenvalue weighted by Gasteiger charge is -2.21. The molecule has 4 heterocycles. The normalized spacial score (nSPS) is 17.2. The lowest BCUT2D eigenvalue weighted by molar-refractivity contribution is 0.121. The molecule has 1 saturated heterocycles. The number of methoxy groups -OCH3 is 1. The van der Waals surface area contributed by atoms with Gasteiger partial charge in [-0.2, -0.15) is 5.10 Å². The van der Waals surface area contributed by atoms with E-state index in [9.17, 15) is 0 Å². The highest BCUT2D eigenvalue weighted by molar-refractivity contribution is 5.92. The van der Waals surface area contributed by atoms with E-state index in [2.05, 4.69) is 21.0 Å². The summed E-state index contributed by atoms with van der Waals surface area (Å²) in [6.45, 7) is 4.34. The maximum atomic E-state index is 5.70. The first kappa shape index (κ1) is 16.8. The van der Waals surface area contributed by atoms with Crippen molar-refractivity contribution in [3.8, 4) is 17.1 Å². The molecule has 1 aliphatic heterocycles. The van der Waals surface area contributed by atoms with Crippen LogP contribution in [0.1, 0.15) is 13.3 Å². The summed E-state index contributed by atoms with van der Waals surface area (Å²) >= 11 is 0. The van der Waals surface area contributed by atoms with Crippen LogP contribution in [0.15, 0.2) is 30.6 Å². The van der Waals surface area contributed by atoms with Crippen LogP contribution in [-0.2, 0) is 11.8 Å². The quantitative estimate of drug-likeness (QED) is 0.703. The van der Waals surface area contributed by atoms with Crippen LogP contribution in [0.25, 0.3) is 22.3 Å². The van der Waals surface area contributed by atoms with Gasteiger partial charge in [0.1, 0.15) is 11.0 Å². The summed E-state index contributed by atoms with van der Waals surface area (Å²) in [5, 5.41) is 4.41. The molecule has 7 heteroatoms. The van der Waals surface area contributed by atoms with Crippen LogP contribution in [0.4, 0.5) is 5.69 Å². The van der Waals surface area contributed by atoms with Crippen molar-refractivity contribution in [2.45, 2.75) is 19.4 Å². The molecule has 1 atom stereocenters. The van der Waals surface area contributed by atoms with Crippen molar-refractivity contribution in [2.24, 2.45) is 7.05 Å². The van der Waals surface area contributed by atoms with Gasteiger partial charge in [0.05, 0.1) is 35.9 Å². The Hall–Kier alpha value is -2.67. The molecule has 0 aliphatic carbocycles. The molecule has 0 N–H and O–H groups in total. The van der Waals surface area contributed by atoms with E-state index in [4.69, 9.17) is 14.5 Å². The molecule has 0 saturated carbocycles. The number of pyridine rings is 2. The van der Waals surface area contributed by atoms with Gasteiger partial charge in [0, 0.05) is 33.4 Å². The molecule has 7 nitrogen and oxygen atoms in total. The number of hydrogen-bond acceptors (Lipinski definition) is 6. The standard InChI is InChI=1S/C19H23N5O2/c1-4-26-19-14(6-5-8-20-19)15-10-17(24-9-7-13(12-24)25-3)18-16(22-15)11-21-23(18)2/h5-6,8,10-11,13H,4,7,9,12H2,1-3H3/t13-/m1/s1. The van der Waals surface area contributed by atoms with Gasteiger partial charge in [0.2, 0.25) is 5.88 Å². The minimum absolute atomic E-state index is 0.257. The summed E-state index contributed by atoms with van der Waals surface area (Å²) in [5.74, 6) is 0.605. The zero-order valence-corrected chi connectivity index (χ0v) is 15.3. The van der Waals surface area contributed by atoms with E-state index >= 15 is 0 Å². The molecule has 136 valence electrons. The van der Waals surface area contributed by atoms with Crippen molar-refractivity contribution >= 4 is 16.7 Å². The Balaban J connectivity index is 1.85. The summed E-state index contributed by atoms with van der Waals surface area (Å²) in [6.07, 6.45) is 4.82. The molecule has 0 bridgehead atoms. The highest BCUT2D eigenvalue weighted by Crippen LogP contribution is 2.35. The number of aromatic nitrogens is 4. The predicted octanol–water partition coefficient (Wildman–Crippen LogP) is 2.65. The minimum Gasteiger partial charge on any atom is -0.477 e. The SMILES string of the molecule is CCOc1ncccc1-c1cc(N2CC[C@@H](OC)C2)c2c(cnn2C)n1. The Morgan fingerprint density at radius 3 is 3.00 bits per heavy atom. The van der Waals surface area contributed by atoms with Crippen molar-refractivity contribution < 1.29 is 9.47 Å². The third kappa shape index (κ3) is 2.88. The van der Waals surface area contributed by atoms with Crippen molar-refractivity contribution in [3.05, 3.63) is 30.6 Å². The van der Waals surface area contributed by atoms with Crippen LogP contribution in [0.3, 0.4) is 0 Å². The van der Waals surface area contributed by atoms with Gasteiger partial charge in [0.25, 0.3) is 0 Å². The largest absolute Gasteiger partial charge is 0.477 e. The first-order chi connectivity index (χ1) is 12.7. The van der Waals surface area contributed by atoms with Crippen molar-refractivity contribution in [3.63, 3.8) is 0 Å². The minimum atomic E-state index is 0.257. The molecular weight excluding hydrogens is 330 g/mol. The van der Waals surface area contributed by atoms with Crippen molar-refractivity contribution in [1.29, 1.82) is 0 Å². The van der Waals surface area contributed by atoms with Gasteiger partial charge in [-0.3, -0.25) is 4.68 Å². The maximum Gasteiger partial charge on any atom is 0.222 e. The first-order valence-corrected chi connectivity index (χ1v) is 8.90. The van der Waals surface area contributed by atoms with Crippen LogP contribution in [-0.4, -0.2) is 52.7 Å². The van der Waals surface area contributed by atoms with Crippen LogP contribution in [0, 0.1) is 0 Å². The van der Waals surface area contributed by atoms with Gasteiger partial charge in [-0.25, -0.2) is 9.97 Å². The summed E-state index contributed by atoms with van der Waals surface area (Å²) in [5.41, 5.74) is 4.76. The van der Waals surface area contributed by atoms with E-state index in [0.717, 1.165) is 47.5 Å². The molecule has 1 fully saturated rings. The van der Waals surface area contributed by atoms with Gasteiger partial charge < -0.3 is 14.4 Å². The fraction of sp³-hybridized carbons (Fsp3) is 0.421. The summed E-state index contributed by atoms with van der Waals surface area (Å²) in [4.78, 5) is 11.5. The highest BCUT2D eigenvalue weighted by Gasteiger charge is 2.26. The average Bonchev–Trinajstić information content (AvgIpc) is 3.29. The number of ether oxygens (including phenoxy) is 2. The molecule has 0 unspecified atom stereocenters. The highest BCUT2D eigenvalue weighted by atomic mass is 16.5. The number of anilines is 1. The average molecular weight is 353 g/mol. The second-order valence-corrected chi connectivity index (χ2v) is 6.41. The van der Waals surface area contributed by atoms with E-state index in [1.165, 1.54) is 0 Å². The fourth-order valence-corrected chi connectivity index (χ4v) is 3.52. The molecule has 0 spiro atoms. The monoisotopic (exact) mass is 353 g/mol. The summed E-state index contributed by atoms with van der Waals surface area (Å²) in [6, 6.07) is 6.01. The second kappa shape index (κ2) is 6.92. The molecule has 3 aromatic rings. The number of aryl methyl sites for hydroxylation is 1. The Labute approximate surface area is 152 Å². The van der Waals surface area contributed by atoms with Crippen LogP contribution >= 0.6 is 0 Å². The fourth-order valence-electron chi connectivity index (χ4n) is 3.52. The lowest BCUT2D eigenvalue weighted by atomic mass is 10.1. The molecule has 0 amide bonds. The van der Waals surface area contributed by atoms with Crippen LogP contribution in [0.5, 0.6) is 5.88 Å². The zero-order valence-electron chi connectivity index (χ0n) is 15.3. The van der Waals surface area contributed by atoms with Gasteiger partial charge in [-0.1, -0.05) is 0 Å². The van der Waals surface area contributed by atoms with Gasteiger partial charge >= 0.3 is 0 Å². The molecule has 0 aromatic carbocycles. The summed E-state index contributed by atoms with van der Waals surface area (Å²) in [7, 11) is 3.72. The second-order valence-electron chi connectivity index (χ2n) is 6.41. The van der Waals surface area contributed by atoms with Crippen LogP contribution < -0.4 is 9.64 Å². The third-order valence-corrected chi connectivity index (χ3v) is 4.82.